The maximum absolute atomic E-state index is 6.30. The molecule has 252 valence electrons. The van der Waals surface area contributed by atoms with Gasteiger partial charge in [0.15, 0.2) is 17.5 Å². The standard InChI is InChI=1S/C47H27N5OS/c1-2-14-28(15-3-1)44-48-45(50-46(49-44)33-20-12-25-38-41(33)31-18-6-10-24-37(31)53-38)30-17-5-8-22-35(30)51-34-21-7-4-16-29(34)42-32-19-13-27-40-43(32)52(47(42)51)36-23-9-11-26-39(36)54-40/h1-27H. The summed E-state index contributed by atoms with van der Waals surface area (Å²) in [6.45, 7) is 0. The first-order chi connectivity index (χ1) is 26.8. The first-order valence-electron chi connectivity index (χ1n) is 18.0. The number of para-hydroxylation sites is 5. The second-order valence-electron chi connectivity index (χ2n) is 13.6. The van der Waals surface area contributed by atoms with Crippen molar-refractivity contribution in [2.24, 2.45) is 0 Å². The lowest BCUT2D eigenvalue weighted by Crippen LogP contribution is -2.07. The van der Waals surface area contributed by atoms with Gasteiger partial charge in [-0.25, -0.2) is 15.0 Å². The van der Waals surface area contributed by atoms with Crippen molar-refractivity contribution in [2.45, 2.75) is 9.79 Å². The number of furan rings is 1. The molecule has 7 heteroatoms. The lowest BCUT2D eigenvalue weighted by Gasteiger charge is -2.21. The Morgan fingerprint density at radius 3 is 1.96 bits per heavy atom. The molecule has 0 unspecified atom stereocenters. The van der Waals surface area contributed by atoms with Gasteiger partial charge in [0.2, 0.25) is 0 Å². The molecule has 0 saturated heterocycles. The fourth-order valence-electron chi connectivity index (χ4n) is 8.32. The number of hydrogen-bond acceptors (Lipinski definition) is 5. The summed E-state index contributed by atoms with van der Waals surface area (Å²) >= 11 is 1.84. The van der Waals surface area contributed by atoms with Crippen LogP contribution in [0.3, 0.4) is 0 Å². The molecule has 7 aromatic carbocycles. The summed E-state index contributed by atoms with van der Waals surface area (Å²) in [5, 5.41) is 5.69. The van der Waals surface area contributed by atoms with Crippen LogP contribution in [0.2, 0.25) is 0 Å². The van der Waals surface area contributed by atoms with Crippen molar-refractivity contribution >= 4 is 66.5 Å². The van der Waals surface area contributed by atoms with Gasteiger partial charge in [0.1, 0.15) is 16.8 Å². The van der Waals surface area contributed by atoms with Crippen molar-refractivity contribution in [1.29, 1.82) is 0 Å². The molecule has 0 radical (unpaired) electrons. The van der Waals surface area contributed by atoms with Crippen molar-refractivity contribution in [3.63, 3.8) is 0 Å². The van der Waals surface area contributed by atoms with E-state index in [0.29, 0.717) is 17.5 Å². The van der Waals surface area contributed by atoms with Gasteiger partial charge in [-0.05, 0) is 48.5 Å². The quantitative estimate of drug-likeness (QED) is 0.182. The molecule has 1 aliphatic rings. The second-order valence-corrected chi connectivity index (χ2v) is 14.7. The molecular formula is C47H27N5OS. The van der Waals surface area contributed by atoms with Crippen LogP contribution in [0.5, 0.6) is 0 Å². The number of hydrogen-bond donors (Lipinski definition) is 0. The molecular weight excluding hydrogens is 683 g/mol. The summed E-state index contributed by atoms with van der Waals surface area (Å²) in [5.41, 5.74) is 9.98. The molecule has 0 fully saturated rings. The molecule has 0 spiro atoms. The average Bonchev–Trinajstić information content (AvgIpc) is 3.90. The van der Waals surface area contributed by atoms with Crippen LogP contribution in [0.4, 0.5) is 0 Å². The SMILES string of the molecule is c1ccc(-c2nc(-c3ccccc3-n3c4ccccc4c4c5cccc6c5n(c43)-c3ccccc3S6)nc(-c3cccc4oc5ccccc5c34)n2)cc1. The molecule has 0 amide bonds. The minimum atomic E-state index is 0.590. The Bertz CT molecular complexity index is 3320. The lowest BCUT2D eigenvalue weighted by molar-refractivity contribution is 0.669. The molecule has 5 heterocycles. The minimum Gasteiger partial charge on any atom is -0.456 e. The van der Waals surface area contributed by atoms with E-state index >= 15 is 0 Å². The third kappa shape index (κ3) is 4.15. The highest BCUT2D eigenvalue weighted by Gasteiger charge is 2.29. The third-order valence-electron chi connectivity index (χ3n) is 10.6. The first kappa shape index (κ1) is 29.6. The van der Waals surface area contributed by atoms with Crippen molar-refractivity contribution < 1.29 is 4.42 Å². The molecule has 12 rings (SSSR count). The van der Waals surface area contributed by atoms with Crippen LogP contribution >= 0.6 is 11.8 Å². The van der Waals surface area contributed by atoms with Crippen LogP contribution in [0.25, 0.3) is 100 Å². The summed E-state index contributed by atoms with van der Waals surface area (Å²) in [7, 11) is 0. The number of nitrogens with zero attached hydrogens (tertiary/aromatic N) is 5. The van der Waals surface area contributed by atoms with Crippen molar-refractivity contribution in [2.75, 3.05) is 0 Å². The number of benzene rings is 7. The Hall–Kier alpha value is -6.96. The third-order valence-corrected chi connectivity index (χ3v) is 11.7. The van der Waals surface area contributed by atoms with E-state index in [1.54, 1.807) is 0 Å². The lowest BCUT2D eigenvalue weighted by atomic mass is 10.1. The van der Waals surface area contributed by atoms with Gasteiger partial charge in [0.05, 0.1) is 22.4 Å². The zero-order chi connectivity index (χ0) is 35.3. The van der Waals surface area contributed by atoms with Crippen LogP contribution in [-0.2, 0) is 0 Å². The van der Waals surface area contributed by atoms with E-state index in [-0.39, 0.29) is 0 Å². The van der Waals surface area contributed by atoms with Crippen LogP contribution in [0.1, 0.15) is 0 Å². The molecule has 4 aromatic heterocycles. The fraction of sp³-hybridized carbons (Fsp3) is 0. The molecule has 1 aliphatic heterocycles. The van der Waals surface area contributed by atoms with Gasteiger partial charge in [-0.3, -0.25) is 9.13 Å². The molecule has 0 saturated carbocycles. The van der Waals surface area contributed by atoms with E-state index < -0.39 is 0 Å². The summed E-state index contributed by atoms with van der Waals surface area (Å²) in [6, 6.07) is 57.0. The second kappa shape index (κ2) is 11.3. The Labute approximate surface area is 313 Å². The van der Waals surface area contributed by atoms with Gasteiger partial charge in [0.25, 0.3) is 0 Å². The Morgan fingerprint density at radius 1 is 0.426 bits per heavy atom. The predicted molar refractivity (Wildman–Crippen MR) is 219 cm³/mol. The monoisotopic (exact) mass is 709 g/mol. The maximum atomic E-state index is 6.30. The van der Waals surface area contributed by atoms with E-state index in [1.165, 1.54) is 37.2 Å². The molecule has 54 heavy (non-hydrogen) atoms. The van der Waals surface area contributed by atoms with Gasteiger partial charge in [-0.2, -0.15) is 0 Å². The molecule has 6 nitrogen and oxygen atoms in total. The van der Waals surface area contributed by atoms with Gasteiger partial charge in [0, 0.05) is 53.4 Å². The Kier molecular flexibility index (Phi) is 6.18. The van der Waals surface area contributed by atoms with Gasteiger partial charge >= 0.3 is 0 Å². The largest absolute Gasteiger partial charge is 0.456 e. The molecule has 0 aliphatic carbocycles. The predicted octanol–water partition coefficient (Wildman–Crippen LogP) is 12.3. The maximum Gasteiger partial charge on any atom is 0.166 e. The molecule has 0 atom stereocenters. The van der Waals surface area contributed by atoms with Crippen molar-refractivity contribution in [3.05, 3.63) is 164 Å². The van der Waals surface area contributed by atoms with Crippen LogP contribution < -0.4 is 0 Å². The number of rotatable bonds is 4. The van der Waals surface area contributed by atoms with Crippen LogP contribution in [0, 0.1) is 0 Å². The van der Waals surface area contributed by atoms with Gasteiger partial charge in [-0.1, -0.05) is 127 Å². The van der Waals surface area contributed by atoms with E-state index in [9.17, 15) is 0 Å². The van der Waals surface area contributed by atoms with Crippen LogP contribution in [0.15, 0.2) is 178 Å². The van der Waals surface area contributed by atoms with Crippen LogP contribution in [-0.4, -0.2) is 24.1 Å². The normalized spacial score (nSPS) is 12.4. The Balaban J connectivity index is 1.18. The molecule has 0 bridgehead atoms. The summed E-state index contributed by atoms with van der Waals surface area (Å²) in [6.07, 6.45) is 0. The smallest absolute Gasteiger partial charge is 0.166 e. The summed E-state index contributed by atoms with van der Waals surface area (Å²) < 4.78 is 11.2. The molecule has 11 aromatic rings. The number of fused-ring (bicyclic) bond motifs is 10. The zero-order valence-electron chi connectivity index (χ0n) is 28.6. The highest BCUT2D eigenvalue weighted by molar-refractivity contribution is 7.99. The van der Waals surface area contributed by atoms with E-state index in [0.717, 1.165) is 55.5 Å². The van der Waals surface area contributed by atoms with E-state index in [1.807, 2.05) is 60.3 Å². The van der Waals surface area contributed by atoms with Crippen molar-refractivity contribution in [3.8, 4) is 45.5 Å². The zero-order valence-corrected chi connectivity index (χ0v) is 29.5. The minimum absolute atomic E-state index is 0.590. The number of aromatic nitrogens is 5. The van der Waals surface area contributed by atoms with E-state index in [2.05, 4.69) is 124 Å². The highest BCUT2D eigenvalue weighted by Crippen LogP contribution is 2.50. The topological polar surface area (TPSA) is 61.7 Å². The first-order valence-corrected chi connectivity index (χ1v) is 18.8. The molecule has 0 N–H and O–H groups in total. The average molecular weight is 710 g/mol. The summed E-state index contributed by atoms with van der Waals surface area (Å²) in [5.74, 6) is 1.79. The van der Waals surface area contributed by atoms with E-state index in [4.69, 9.17) is 19.4 Å². The highest BCUT2D eigenvalue weighted by atomic mass is 32.2. The Morgan fingerprint density at radius 2 is 1.06 bits per heavy atom. The fourth-order valence-corrected chi connectivity index (χ4v) is 9.42. The van der Waals surface area contributed by atoms with Gasteiger partial charge in [-0.15, -0.1) is 0 Å². The summed E-state index contributed by atoms with van der Waals surface area (Å²) in [4.78, 5) is 18.2. The van der Waals surface area contributed by atoms with Crippen molar-refractivity contribution in [1.82, 2.24) is 24.1 Å². The van der Waals surface area contributed by atoms with Gasteiger partial charge < -0.3 is 4.42 Å².